The number of hydrogen-bond donors (Lipinski definition) is 2. The summed E-state index contributed by atoms with van der Waals surface area (Å²) in [5.74, 6) is 0.0943. The van der Waals surface area contributed by atoms with Crippen molar-refractivity contribution in [3.05, 3.63) is 84.4 Å². The molecule has 1 amide bonds. The van der Waals surface area contributed by atoms with Gasteiger partial charge < -0.3 is 11.1 Å². The van der Waals surface area contributed by atoms with Gasteiger partial charge >= 0.3 is 0 Å². The number of benzene rings is 3. The van der Waals surface area contributed by atoms with E-state index in [1.165, 1.54) is 0 Å². The molecule has 0 radical (unpaired) electrons. The van der Waals surface area contributed by atoms with Crippen LogP contribution in [-0.4, -0.2) is 11.7 Å². The molecule has 4 nitrogen and oxygen atoms in total. The molecule has 0 saturated carbocycles. The van der Waals surface area contributed by atoms with Crippen LogP contribution in [0.5, 0.6) is 0 Å². The van der Waals surface area contributed by atoms with Gasteiger partial charge in [0.05, 0.1) is 11.4 Å². The molecule has 0 unspecified atom stereocenters. The van der Waals surface area contributed by atoms with Crippen molar-refractivity contribution in [1.82, 2.24) is 0 Å². The fourth-order valence-electron chi connectivity index (χ4n) is 3.19. The van der Waals surface area contributed by atoms with E-state index < -0.39 is 0 Å². The standard InChI is InChI=1S/C25H26N2O2/c26-22-11-7-8-12-23(22)27-25(29)14-6-2-5-13-24(28)21-17-15-20(16-18-21)19-9-3-1-4-10-19/h1,3-4,7-12,15-18H,2,5-6,13-14,26H2,(H,27,29). The summed E-state index contributed by atoms with van der Waals surface area (Å²) in [5, 5.41) is 2.82. The molecule has 3 N–H and O–H groups in total. The first-order chi connectivity index (χ1) is 14.1. The Hall–Kier alpha value is -3.40. The minimum Gasteiger partial charge on any atom is -0.397 e. The Morgan fingerprint density at radius 2 is 1.31 bits per heavy atom. The van der Waals surface area contributed by atoms with Crippen LogP contribution in [0.3, 0.4) is 0 Å². The Kier molecular flexibility index (Phi) is 7.17. The number of amides is 1. The second-order valence-electron chi connectivity index (χ2n) is 7.06. The van der Waals surface area contributed by atoms with Crippen LogP contribution in [0.4, 0.5) is 11.4 Å². The smallest absolute Gasteiger partial charge is 0.224 e. The summed E-state index contributed by atoms with van der Waals surface area (Å²) in [6.07, 6.45) is 3.29. The van der Waals surface area contributed by atoms with E-state index in [4.69, 9.17) is 5.73 Å². The normalized spacial score (nSPS) is 10.5. The first-order valence-corrected chi connectivity index (χ1v) is 9.96. The number of rotatable bonds is 9. The van der Waals surface area contributed by atoms with Gasteiger partial charge in [0.15, 0.2) is 5.78 Å². The summed E-state index contributed by atoms with van der Waals surface area (Å²) < 4.78 is 0. The first-order valence-electron chi connectivity index (χ1n) is 9.96. The van der Waals surface area contributed by atoms with E-state index >= 15 is 0 Å². The topological polar surface area (TPSA) is 72.2 Å². The average molecular weight is 386 g/mol. The second-order valence-corrected chi connectivity index (χ2v) is 7.06. The fraction of sp³-hybridized carbons (Fsp3) is 0.200. The SMILES string of the molecule is Nc1ccccc1NC(=O)CCCCCC(=O)c1ccc(-c2ccccc2)cc1. The van der Waals surface area contributed by atoms with Gasteiger partial charge in [-0.25, -0.2) is 0 Å². The number of para-hydroxylation sites is 2. The number of anilines is 2. The maximum atomic E-state index is 12.4. The van der Waals surface area contributed by atoms with Crippen LogP contribution < -0.4 is 11.1 Å². The zero-order chi connectivity index (χ0) is 20.5. The fourth-order valence-corrected chi connectivity index (χ4v) is 3.19. The van der Waals surface area contributed by atoms with E-state index in [1.807, 2.05) is 54.6 Å². The van der Waals surface area contributed by atoms with Gasteiger partial charge in [0, 0.05) is 18.4 Å². The van der Waals surface area contributed by atoms with E-state index in [1.54, 1.807) is 12.1 Å². The van der Waals surface area contributed by atoms with Crippen molar-refractivity contribution in [3.8, 4) is 11.1 Å². The number of carbonyl (C=O) groups is 2. The largest absolute Gasteiger partial charge is 0.397 e. The van der Waals surface area contributed by atoms with Crippen LogP contribution in [0.15, 0.2) is 78.9 Å². The van der Waals surface area contributed by atoms with Gasteiger partial charge in [-0.2, -0.15) is 0 Å². The number of nitrogens with two attached hydrogens (primary N) is 1. The van der Waals surface area contributed by atoms with Crippen LogP contribution in [0.1, 0.15) is 42.5 Å². The predicted molar refractivity (Wildman–Crippen MR) is 119 cm³/mol. The maximum Gasteiger partial charge on any atom is 0.224 e. The first kappa shape index (κ1) is 20.3. The van der Waals surface area contributed by atoms with Crippen LogP contribution in [0.2, 0.25) is 0 Å². The molecule has 0 heterocycles. The van der Waals surface area contributed by atoms with Crippen molar-refractivity contribution in [3.63, 3.8) is 0 Å². The molecule has 0 spiro atoms. The maximum absolute atomic E-state index is 12.4. The molecule has 29 heavy (non-hydrogen) atoms. The number of Topliss-reactive ketones (excluding diaryl/α,β-unsaturated/α-hetero) is 1. The second kappa shape index (κ2) is 10.2. The van der Waals surface area contributed by atoms with Gasteiger partial charge in [-0.3, -0.25) is 9.59 Å². The Morgan fingerprint density at radius 3 is 2.03 bits per heavy atom. The monoisotopic (exact) mass is 386 g/mol. The van der Waals surface area contributed by atoms with Gasteiger partial charge in [0.2, 0.25) is 5.91 Å². The molecule has 0 saturated heterocycles. The van der Waals surface area contributed by atoms with Crippen LogP contribution in [0.25, 0.3) is 11.1 Å². The van der Waals surface area contributed by atoms with E-state index in [9.17, 15) is 9.59 Å². The van der Waals surface area contributed by atoms with E-state index in [2.05, 4.69) is 17.4 Å². The minimum atomic E-state index is -0.0503. The predicted octanol–water partition coefficient (Wildman–Crippen LogP) is 5.71. The molecule has 0 atom stereocenters. The van der Waals surface area contributed by atoms with Crippen LogP contribution >= 0.6 is 0 Å². The number of hydrogen-bond acceptors (Lipinski definition) is 3. The zero-order valence-electron chi connectivity index (χ0n) is 16.4. The number of unbranched alkanes of at least 4 members (excludes halogenated alkanes) is 2. The lowest BCUT2D eigenvalue weighted by atomic mass is 10.00. The number of nitrogens with one attached hydrogen (secondary N) is 1. The highest BCUT2D eigenvalue weighted by Gasteiger charge is 2.08. The van der Waals surface area contributed by atoms with Crippen molar-refractivity contribution in [2.45, 2.75) is 32.1 Å². The van der Waals surface area contributed by atoms with Crippen molar-refractivity contribution < 1.29 is 9.59 Å². The molecule has 0 fully saturated rings. The lowest BCUT2D eigenvalue weighted by Gasteiger charge is -2.07. The Bertz CT molecular complexity index is 950. The molecular formula is C25H26N2O2. The third-order valence-electron chi connectivity index (χ3n) is 4.86. The number of ketones is 1. The minimum absolute atomic E-state index is 0.0503. The quantitative estimate of drug-likeness (QED) is 0.281. The van der Waals surface area contributed by atoms with E-state index in [0.717, 1.165) is 36.0 Å². The summed E-state index contributed by atoms with van der Waals surface area (Å²) >= 11 is 0. The highest BCUT2D eigenvalue weighted by atomic mass is 16.1. The molecule has 148 valence electrons. The van der Waals surface area contributed by atoms with Crippen molar-refractivity contribution in [2.75, 3.05) is 11.1 Å². The molecule has 0 aliphatic carbocycles. The van der Waals surface area contributed by atoms with Gasteiger partial charge in [-0.15, -0.1) is 0 Å². The summed E-state index contributed by atoms with van der Waals surface area (Å²) in [6, 6.07) is 25.1. The Labute approximate surface area is 171 Å². The van der Waals surface area contributed by atoms with E-state index in [-0.39, 0.29) is 11.7 Å². The van der Waals surface area contributed by atoms with E-state index in [0.29, 0.717) is 24.2 Å². The van der Waals surface area contributed by atoms with Gasteiger partial charge in [0.1, 0.15) is 0 Å². The van der Waals surface area contributed by atoms with Gasteiger partial charge in [0.25, 0.3) is 0 Å². The lowest BCUT2D eigenvalue weighted by Crippen LogP contribution is -2.12. The zero-order valence-corrected chi connectivity index (χ0v) is 16.4. The number of nitrogen functional groups attached to an aromatic ring is 1. The molecule has 3 rings (SSSR count). The summed E-state index contributed by atoms with van der Waals surface area (Å²) in [6.45, 7) is 0. The molecule has 0 bridgehead atoms. The molecule has 4 heteroatoms. The van der Waals surface area contributed by atoms with Gasteiger partial charge in [-0.1, -0.05) is 73.2 Å². The van der Waals surface area contributed by atoms with Crippen LogP contribution in [0, 0.1) is 0 Å². The van der Waals surface area contributed by atoms with Gasteiger partial charge in [-0.05, 0) is 36.1 Å². The Balaban J connectivity index is 1.38. The highest BCUT2D eigenvalue weighted by molar-refractivity contribution is 5.96. The highest BCUT2D eigenvalue weighted by Crippen LogP contribution is 2.20. The lowest BCUT2D eigenvalue weighted by molar-refractivity contribution is -0.116. The third-order valence-corrected chi connectivity index (χ3v) is 4.86. The molecule has 3 aromatic rings. The molecule has 0 aromatic heterocycles. The molecule has 3 aromatic carbocycles. The molecular weight excluding hydrogens is 360 g/mol. The summed E-state index contributed by atoms with van der Waals surface area (Å²) in [7, 11) is 0. The molecule has 0 aliphatic rings. The summed E-state index contributed by atoms with van der Waals surface area (Å²) in [5.41, 5.74) is 10.0. The Morgan fingerprint density at radius 1 is 0.690 bits per heavy atom. The van der Waals surface area contributed by atoms with Crippen molar-refractivity contribution in [1.29, 1.82) is 0 Å². The van der Waals surface area contributed by atoms with Crippen molar-refractivity contribution >= 4 is 23.1 Å². The average Bonchev–Trinajstić information content (AvgIpc) is 2.76. The number of carbonyl (C=O) groups excluding carboxylic acids is 2. The van der Waals surface area contributed by atoms with Crippen molar-refractivity contribution in [2.24, 2.45) is 0 Å². The third kappa shape index (κ3) is 6.04. The van der Waals surface area contributed by atoms with Crippen LogP contribution in [-0.2, 0) is 4.79 Å². The summed E-state index contributed by atoms with van der Waals surface area (Å²) in [4.78, 5) is 24.4. The molecule has 0 aliphatic heterocycles.